The van der Waals surface area contributed by atoms with E-state index >= 15 is 0 Å². The highest BCUT2D eigenvalue weighted by atomic mass is 31.2. The smallest absolute Gasteiger partial charge is 0.327 e. The Morgan fingerprint density at radius 2 is 1.33 bits per heavy atom. The van der Waals surface area contributed by atoms with Crippen LogP contribution in [0.25, 0.3) is 0 Å². The van der Waals surface area contributed by atoms with Crippen LogP contribution in [0.3, 0.4) is 0 Å². The molecule has 0 aromatic rings. The highest BCUT2D eigenvalue weighted by Crippen LogP contribution is 2.34. The second-order valence-corrected chi connectivity index (χ2v) is 6.25. The molecule has 0 aliphatic carbocycles. The van der Waals surface area contributed by atoms with E-state index in [1.165, 1.54) is 14.2 Å². The van der Waals surface area contributed by atoms with Gasteiger partial charge in [-0.3, -0.25) is 0 Å². The zero-order valence-corrected chi connectivity index (χ0v) is 15.6. The molecule has 0 aromatic carbocycles. The molecule has 0 atom stereocenters. The minimum Gasteiger partial charge on any atom is -0.396 e. The number of ether oxygens (including phenoxy) is 4. The topological polar surface area (TPSA) is 157 Å². The Hall–Kier alpha value is 0.420. The van der Waals surface area contributed by atoms with Gasteiger partial charge in [-0.1, -0.05) is 0 Å². The van der Waals surface area contributed by atoms with Crippen molar-refractivity contribution in [3.63, 3.8) is 0 Å². The molecule has 24 heavy (non-hydrogen) atoms. The van der Waals surface area contributed by atoms with E-state index in [0.717, 1.165) is 0 Å². The molecule has 0 rings (SSSR count). The van der Waals surface area contributed by atoms with Crippen molar-refractivity contribution in [3.8, 4) is 0 Å². The quantitative estimate of drug-likeness (QED) is 0.178. The summed E-state index contributed by atoms with van der Waals surface area (Å²) in [5, 5.41) is 9.60. The number of rotatable bonds is 15. The lowest BCUT2D eigenvalue weighted by Crippen LogP contribution is -2.45. The van der Waals surface area contributed by atoms with Gasteiger partial charge in [0.1, 0.15) is 6.61 Å². The van der Waals surface area contributed by atoms with Crippen molar-refractivity contribution in [1.82, 2.24) is 0 Å². The first-order chi connectivity index (χ1) is 11.3. The summed E-state index contributed by atoms with van der Waals surface area (Å²) in [6.07, 6.45) is 0. The lowest BCUT2D eigenvalue weighted by Gasteiger charge is -2.34. The van der Waals surface area contributed by atoms with Crippen LogP contribution in [0.4, 0.5) is 0 Å². The third-order valence-electron chi connectivity index (χ3n) is 2.98. The van der Waals surface area contributed by atoms with Crippen LogP contribution in [-0.4, -0.2) is 84.5 Å². The summed E-state index contributed by atoms with van der Waals surface area (Å²) in [7, 11) is -2.59. The number of aliphatic hydroxyl groups is 1. The summed E-state index contributed by atoms with van der Waals surface area (Å²) in [6, 6.07) is 0. The normalized spacial score (nSPS) is 13.2. The van der Waals surface area contributed by atoms with E-state index in [4.69, 9.17) is 47.6 Å². The van der Waals surface area contributed by atoms with Crippen molar-refractivity contribution in [2.45, 2.75) is 12.9 Å². The fourth-order valence-corrected chi connectivity index (χ4v) is 2.40. The van der Waals surface area contributed by atoms with Gasteiger partial charge in [-0.05, 0) is 6.92 Å². The third kappa shape index (κ3) is 9.21. The van der Waals surface area contributed by atoms with Gasteiger partial charge in [0.2, 0.25) is 0 Å². The molecule has 11 nitrogen and oxygen atoms in total. The molecule has 0 unspecified atom stereocenters. The van der Waals surface area contributed by atoms with E-state index in [1.54, 1.807) is 6.92 Å². The van der Waals surface area contributed by atoms with Crippen LogP contribution in [0.5, 0.6) is 0 Å². The molecule has 0 aromatic heterocycles. The van der Waals surface area contributed by atoms with Crippen LogP contribution >= 0.6 is 17.2 Å². The zero-order chi connectivity index (χ0) is 18.6. The summed E-state index contributed by atoms with van der Waals surface area (Å²) in [4.78, 5) is 35.5. The molecule has 0 saturated carbocycles. The SMILES string of the molecule is CCOC(COCC(CO)(COP(O)O)COP(O)O)(OC)OC. The molecular weight excluding hydrogens is 370 g/mol. The second kappa shape index (κ2) is 12.7. The first-order valence-electron chi connectivity index (χ1n) is 6.83. The monoisotopic (exact) mass is 396 g/mol. The predicted octanol–water partition coefficient (Wildman–Crippen LogP) is -0.579. The molecule has 0 aliphatic heterocycles. The van der Waals surface area contributed by atoms with Crippen LogP contribution in [-0.2, 0) is 28.0 Å². The summed E-state index contributed by atoms with van der Waals surface area (Å²) >= 11 is 0. The maximum atomic E-state index is 9.60. The van der Waals surface area contributed by atoms with Crippen molar-refractivity contribution >= 4 is 17.2 Å². The first kappa shape index (κ1) is 24.4. The lowest BCUT2D eigenvalue weighted by molar-refractivity contribution is -0.377. The standard InChI is InChI=1S/C11H26O11P2/c1-4-20-11(17-2,18-3)9-19-6-10(5-12,7-21-23(13)14)8-22-24(15)16/h12-16H,4-9H2,1-3H3. The van der Waals surface area contributed by atoms with Gasteiger partial charge in [0.25, 0.3) is 0 Å². The summed E-state index contributed by atoms with van der Waals surface area (Å²) in [5.74, 6) is -1.45. The molecular formula is C11H26O11P2. The second-order valence-electron chi connectivity index (χ2n) is 4.73. The van der Waals surface area contributed by atoms with E-state index in [-0.39, 0.29) is 26.4 Å². The predicted molar refractivity (Wildman–Crippen MR) is 83.3 cm³/mol. The van der Waals surface area contributed by atoms with Gasteiger partial charge < -0.3 is 52.7 Å². The molecule has 0 amide bonds. The molecule has 13 heteroatoms. The van der Waals surface area contributed by atoms with E-state index in [0.29, 0.717) is 6.61 Å². The Kier molecular flexibility index (Phi) is 12.9. The van der Waals surface area contributed by atoms with Crippen molar-refractivity contribution < 1.29 is 52.7 Å². The van der Waals surface area contributed by atoms with Gasteiger partial charge in [-0.25, -0.2) is 0 Å². The fourth-order valence-electron chi connectivity index (χ4n) is 1.62. The summed E-state index contributed by atoms with van der Waals surface area (Å²) in [6.45, 7) is 0.414. The molecule has 0 fully saturated rings. The minimum atomic E-state index is -2.66. The van der Waals surface area contributed by atoms with E-state index in [2.05, 4.69) is 0 Å². The highest BCUT2D eigenvalue weighted by molar-refractivity contribution is 7.39. The number of methoxy groups -OCH3 is 2. The Morgan fingerprint density at radius 3 is 1.67 bits per heavy atom. The van der Waals surface area contributed by atoms with Crippen LogP contribution in [0.15, 0.2) is 0 Å². The van der Waals surface area contributed by atoms with Crippen LogP contribution in [0.1, 0.15) is 6.92 Å². The van der Waals surface area contributed by atoms with Crippen LogP contribution < -0.4 is 0 Å². The molecule has 0 aliphatic rings. The van der Waals surface area contributed by atoms with Crippen LogP contribution in [0.2, 0.25) is 0 Å². The summed E-state index contributed by atoms with van der Waals surface area (Å²) < 4.78 is 30.5. The van der Waals surface area contributed by atoms with Gasteiger partial charge in [0.05, 0.1) is 31.8 Å². The molecule has 0 saturated heterocycles. The average Bonchev–Trinajstić information content (AvgIpc) is 2.56. The molecule has 0 spiro atoms. The molecule has 146 valence electrons. The van der Waals surface area contributed by atoms with Crippen molar-refractivity contribution in [2.75, 3.05) is 53.9 Å². The molecule has 0 radical (unpaired) electrons. The van der Waals surface area contributed by atoms with Gasteiger partial charge in [0, 0.05) is 20.8 Å². The van der Waals surface area contributed by atoms with E-state index < -0.39 is 35.2 Å². The number of hydrogen-bond acceptors (Lipinski definition) is 11. The largest absolute Gasteiger partial charge is 0.396 e. The van der Waals surface area contributed by atoms with Crippen LogP contribution in [0, 0.1) is 5.41 Å². The minimum absolute atomic E-state index is 0.171. The Bertz CT molecular complexity index is 302. The Balaban J connectivity index is 4.83. The van der Waals surface area contributed by atoms with Gasteiger partial charge in [-0.2, -0.15) is 0 Å². The third-order valence-corrected chi connectivity index (χ3v) is 3.70. The fraction of sp³-hybridized carbons (Fsp3) is 1.00. The van der Waals surface area contributed by atoms with Crippen molar-refractivity contribution in [2.24, 2.45) is 5.41 Å². The van der Waals surface area contributed by atoms with Crippen molar-refractivity contribution in [3.05, 3.63) is 0 Å². The molecule has 0 heterocycles. The van der Waals surface area contributed by atoms with E-state index in [1.807, 2.05) is 0 Å². The van der Waals surface area contributed by atoms with Gasteiger partial charge in [0.15, 0.2) is 0 Å². The number of aliphatic hydroxyl groups excluding tert-OH is 1. The number of hydrogen-bond donors (Lipinski definition) is 5. The maximum Gasteiger partial charge on any atom is 0.327 e. The molecule has 0 bridgehead atoms. The van der Waals surface area contributed by atoms with Gasteiger partial charge in [-0.15, -0.1) is 0 Å². The zero-order valence-electron chi connectivity index (χ0n) is 13.8. The Labute approximate surface area is 143 Å². The van der Waals surface area contributed by atoms with E-state index in [9.17, 15) is 5.11 Å². The summed E-state index contributed by atoms with van der Waals surface area (Å²) in [5.41, 5.74) is -1.27. The molecule has 5 N–H and O–H groups in total. The highest BCUT2D eigenvalue weighted by Gasteiger charge is 2.36. The first-order valence-corrected chi connectivity index (χ1v) is 9.16. The average molecular weight is 396 g/mol. The maximum absolute atomic E-state index is 9.60. The van der Waals surface area contributed by atoms with Crippen molar-refractivity contribution in [1.29, 1.82) is 0 Å². The van der Waals surface area contributed by atoms with Gasteiger partial charge >= 0.3 is 23.2 Å². The lowest BCUT2D eigenvalue weighted by atomic mass is 9.93. The Morgan fingerprint density at radius 1 is 0.833 bits per heavy atom.